The summed E-state index contributed by atoms with van der Waals surface area (Å²) in [4.78, 5) is 16.2. The molecule has 5 rings (SSSR count). The Morgan fingerprint density at radius 1 is 1.10 bits per heavy atom. The number of hydrogen-bond donors (Lipinski definition) is 3. The van der Waals surface area contributed by atoms with Crippen molar-refractivity contribution in [3.8, 4) is 11.5 Å². The number of piperazine rings is 1. The summed E-state index contributed by atoms with van der Waals surface area (Å²) < 4.78 is 15.6. The number of nitrogens with zero attached hydrogens (tertiary/aromatic N) is 5. The van der Waals surface area contributed by atoms with Crippen LogP contribution in [0.4, 0.5) is 16.0 Å². The number of pyridine rings is 1. The van der Waals surface area contributed by atoms with Crippen molar-refractivity contribution < 1.29 is 4.39 Å². The minimum Gasteiger partial charge on any atom is -0.366 e. The van der Waals surface area contributed by atoms with Crippen LogP contribution in [0, 0.1) is 5.82 Å². The second kappa shape index (κ2) is 7.92. The van der Waals surface area contributed by atoms with Crippen molar-refractivity contribution in [3.63, 3.8) is 0 Å². The summed E-state index contributed by atoms with van der Waals surface area (Å²) >= 11 is 0. The molecule has 2 aliphatic rings. The molecule has 0 aromatic carbocycles. The first-order valence-electron chi connectivity index (χ1n) is 10.2. The topological polar surface area (TPSA) is 82.4 Å². The van der Waals surface area contributed by atoms with E-state index in [1.54, 1.807) is 16.7 Å². The Hall–Kier alpha value is -2.78. The molecule has 0 spiro atoms. The first kappa shape index (κ1) is 18.3. The summed E-state index contributed by atoms with van der Waals surface area (Å²) in [5, 5.41) is 10.4. The number of halogens is 1. The highest BCUT2D eigenvalue weighted by Crippen LogP contribution is 2.25. The maximum absolute atomic E-state index is 13.8. The molecule has 2 saturated heterocycles. The molecule has 3 N–H and O–H groups in total. The van der Waals surface area contributed by atoms with Gasteiger partial charge in [-0.25, -0.2) is 19.3 Å². The van der Waals surface area contributed by atoms with Gasteiger partial charge in [0.25, 0.3) is 0 Å². The van der Waals surface area contributed by atoms with E-state index in [1.165, 1.54) is 12.3 Å². The maximum Gasteiger partial charge on any atom is 0.182 e. The second-order valence-electron chi connectivity index (χ2n) is 7.58. The number of fused-ring (bicyclic) bond motifs is 1. The number of piperidine rings is 1. The molecule has 2 fully saturated rings. The molecule has 29 heavy (non-hydrogen) atoms. The van der Waals surface area contributed by atoms with Crippen molar-refractivity contribution >= 4 is 17.3 Å². The lowest BCUT2D eigenvalue weighted by molar-refractivity contribution is 0.479. The summed E-state index contributed by atoms with van der Waals surface area (Å²) in [5.74, 6) is 1.91. The molecule has 0 unspecified atom stereocenters. The molecule has 0 amide bonds. The first-order chi connectivity index (χ1) is 14.3. The van der Waals surface area contributed by atoms with Crippen LogP contribution in [-0.2, 0) is 0 Å². The molecule has 5 heterocycles. The number of nitrogens with one attached hydrogen (secondary N) is 3. The summed E-state index contributed by atoms with van der Waals surface area (Å²) in [6, 6.07) is 5.42. The zero-order chi connectivity index (χ0) is 19.6. The Morgan fingerprint density at radius 2 is 2.00 bits per heavy atom. The van der Waals surface area contributed by atoms with Crippen LogP contribution in [0.1, 0.15) is 12.8 Å². The minimum atomic E-state index is -0.318. The van der Waals surface area contributed by atoms with Gasteiger partial charge >= 0.3 is 0 Å². The van der Waals surface area contributed by atoms with Crippen LogP contribution in [0.2, 0.25) is 0 Å². The zero-order valence-electron chi connectivity index (χ0n) is 16.2. The van der Waals surface area contributed by atoms with Gasteiger partial charge in [-0.15, -0.1) is 0 Å². The molecular weight excluding hydrogens is 371 g/mol. The zero-order valence-corrected chi connectivity index (χ0v) is 16.2. The van der Waals surface area contributed by atoms with E-state index >= 15 is 0 Å². The standard InChI is InChI=1S/C20H25FN8/c21-14-3-4-18-24-12-16(29(18)13-14)20-26-17(25-15-2-1-5-23-11-15)10-19(27-20)28-8-6-22-7-9-28/h3-4,10,12-13,15,22-23H,1-2,5-9,11H2,(H,25,26,27)/t15-/m1/s1. The van der Waals surface area contributed by atoms with Crippen LogP contribution in [0.5, 0.6) is 0 Å². The fraction of sp³-hybridized carbons (Fsp3) is 0.450. The number of rotatable bonds is 4. The normalized spacial score (nSPS) is 20.2. The molecule has 3 aromatic rings. The Morgan fingerprint density at radius 3 is 2.83 bits per heavy atom. The van der Waals surface area contributed by atoms with Crippen LogP contribution in [-0.4, -0.2) is 64.7 Å². The molecule has 1 atom stereocenters. The highest BCUT2D eigenvalue weighted by atomic mass is 19.1. The van der Waals surface area contributed by atoms with E-state index in [0.29, 0.717) is 23.2 Å². The number of hydrogen-bond acceptors (Lipinski definition) is 7. The summed E-state index contributed by atoms with van der Waals surface area (Å²) in [7, 11) is 0. The molecule has 3 aromatic heterocycles. The van der Waals surface area contributed by atoms with Gasteiger partial charge in [0.05, 0.1) is 6.20 Å². The fourth-order valence-corrected chi connectivity index (χ4v) is 3.98. The third-order valence-electron chi connectivity index (χ3n) is 5.50. The monoisotopic (exact) mass is 396 g/mol. The molecule has 8 nitrogen and oxygen atoms in total. The van der Waals surface area contributed by atoms with E-state index in [0.717, 1.165) is 63.7 Å². The van der Waals surface area contributed by atoms with Crippen molar-refractivity contribution in [3.05, 3.63) is 36.4 Å². The van der Waals surface area contributed by atoms with E-state index < -0.39 is 0 Å². The van der Waals surface area contributed by atoms with Crippen LogP contribution in [0.15, 0.2) is 30.6 Å². The molecule has 152 valence electrons. The van der Waals surface area contributed by atoms with Gasteiger partial charge in [-0.3, -0.25) is 4.40 Å². The Kier molecular flexibility index (Phi) is 4.99. The Labute approximate surface area is 168 Å². The van der Waals surface area contributed by atoms with Crippen molar-refractivity contribution in [2.45, 2.75) is 18.9 Å². The molecule has 0 aliphatic carbocycles. The molecule has 0 bridgehead atoms. The van der Waals surface area contributed by atoms with Crippen molar-refractivity contribution in [2.75, 3.05) is 49.5 Å². The maximum atomic E-state index is 13.8. The van der Waals surface area contributed by atoms with E-state index in [2.05, 4.69) is 25.8 Å². The fourth-order valence-electron chi connectivity index (χ4n) is 3.98. The number of aromatic nitrogens is 4. The summed E-state index contributed by atoms with van der Waals surface area (Å²) in [6.45, 7) is 5.62. The van der Waals surface area contributed by atoms with Gasteiger partial charge in [-0.2, -0.15) is 0 Å². The van der Waals surface area contributed by atoms with Gasteiger partial charge in [-0.05, 0) is 31.5 Å². The van der Waals surface area contributed by atoms with E-state index in [-0.39, 0.29) is 5.82 Å². The van der Waals surface area contributed by atoms with E-state index in [1.807, 2.05) is 6.07 Å². The van der Waals surface area contributed by atoms with Gasteiger partial charge in [0.1, 0.15) is 28.8 Å². The van der Waals surface area contributed by atoms with Crippen LogP contribution < -0.4 is 20.9 Å². The summed E-state index contributed by atoms with van der Waals surface area (Å²) in [5.41, 5.74) is 1.35. The van der Waals surface area contributed by atoms with Crippen LogP contribution in [0.25, 0.3) is 17.2 Å². The predicted octanol–water partition coefficient (Wildman–Crippen LogP) is 1.50. The highest BCUT2D eigenvalue weighted by molar-refractivity contribution is 5.62. The second-order valence-corrected chi connectivity index (χ2v) is 7.58. The highest BCUT2D eigenvalue weighted by Gasteiger charge is 2.19. The summed E-state index contributed by atoms with van der Waals surface area (Å²) in [6.07, 6.45) is 5.39. The minimum absolute atomic E-state index is 0.318. The lowest BCUT2D eigenvalue weighted by Gasteiger charge is -2.29. The third-order valence-corrected chi connectivity index (χ3v) is 5.50. The quantitative estimate of drug-likeness (QED) is 0.617. The van der Waals surface area contributed by atoms with E-state index in [4.69, 9.17) is 9.97 Å². The lowest BCUT2D eigenvalue weighted by atomic mass is 10.1. The largest absolute Gasteiger partial charge is 0.366 e. The molecule has 0 saturated carbocycles. The molecule has 0 radical (unpaired) electrons. The Bertz CT molecular complexity index is 991. The first-order valence-corrected chi connectivity index (χ1v) is 10.2. The molecule has 2 aliphatic heterocycles. The SMILES string of the molecule is Fc1ccc2ncc(-c3nc(N[C@@H]4CCCNC4)cc(N4CCNCC4)n3)n2c1. The van der Waals surface area contributed by atoms with Crippen molar-refractivity contribution in [2.24, 2.45) is 0 Å². The van der Waals surface area contributed by atoms with Crippen molar-refractivity contribution in [1.82, 2.24) is 30.0 Å². The van der Waals surface area contributed by atoms with Crippen LogP contribution >= 0.6 is 0 Å². The lowest BCUT2D eigenvalue weighted by Crippen LogP contribution is -2.44. The van der Waals surface area contributed by atoms with Gasteiger partial charge in [0, 0.05) is 51.0 Å². The average molecular weight is 396 g/mol. The van der Waals surface area contributed by atoms with Gasteiger partial charge in [0.2, 0.25) is 0 Å². The van der Waals surface area contributed by atoms with Gasteiger partial charge < -0.3 is 20.9 Å². The molecule has 9 heteroatoms. The number of anilines is 2. The van der Waals surface area contributed by atoms with Crippen LogP contribution in [0.3, 0.4) is 0 Å². The third kappa shape index (κ3) is 3.88. The average Bonchev–Trinajstić information content (AvgIpc) is 3.18. The number of imidazole rings is 1. The molecular formula is C20H25FN8. The predicted molar refractivity (Wildman–Crippen MR) is 111 cm³/mol. The van der Waals surface area contributed by atoms with E-state index in [9.17, 15) is 4.39 Å². The van der Waals surface area contributed by atoms with Crippen molar-refractivity contribution in [1.29, 1.82) is 0 Å². The van der Waals surface area contributed by atoms with Gasteiger partial charge in [-0.1, -0.05) is 0 Å². The smallest absolute Gasteiger partial charge is 0.182 e. The van der Waals surface area contributed by atoms with Gasteiger partial charge in [0.15, 0.2) is 5.82 Å². The Balaban J connectivity index is 1.55.